The molecule has 15 heavy (non-hydrogen) atoms. The van der Waals surface area contributed by atoms with Gasteiger partial charge in [0.15, 0.2) is 0 Å². The number of aliphatic carboxylic acids is 1. The first-order valence-electron chi connectivity index (χ1n) is 4.86. The van der Waals surface area contributed by atoms with Crippen molar-refractivity contribution < 1.29 is 14.6 Å². The van der Waals surface area contributed by atoms with Crippen LogP contribution < -0.4 is 4.74 Å². The fourth-order valence-corrected chi connectivity index (χ4v) is 2.11. The van der Waals surface area contributed by atoms with Gasteiger partial charge >= 0.3 is 5.97 Å². The standard InChI is InChI=1S/C10H14N2O3/c1-5-8(6-4-7(6)10(13)14)9(15-3)12(2)11-5/h6-7H,4H2,1-3H3,(H,13,14)/t6-,7-/m1/s1. The molecule has 5 nitrogen and oxygen atoms in total. The summed E-state index contributed by atoms with van der Waals surface area (Å²) in [6.45, 7) is 1.88. The Morgan fingerprint density at radius 1 is 1.67 bits per heavy atom. The van der Waals surface area contributed by atoms with Gasteiger partial charge in [-0.15, -0.1) is 0 Å². The average molecular weight is 210 g/mol. The number of methoxy groups -OCH3 is 1. The first kappa shape index (κ1) is 10.0. The summed E-state index contributed by atoms with van der Waals surface area (Å²) in [5.74, 6) is -0.237. The molecule has 1 saturated carbocycles. The summed E-state index contributed by atoms with van der Waals surface area (Å²) in [7, 11) is 3.38. The zero-order valence-electron chi connectivity index (χ0n) is 9.02. The lowest BCUT2D eigenvalue weighted by atomic mass is 10.1. The molecule has 0 spiro atoms. The number of carboxylic acids is 1. The second-order valence-electron chi connectivity index (χ2n) is 3.92. The molecule has 2 rings (SSSR count). The molecule has 5 heteroatoms. The Balaban J connectivity index is 2.33. The van der Waals surface area contributed by atoms with E-state index in [9.17, 15) is 4.79 Å². The summed E-state index contributed by atoms with van der Waals surface area (Å²) in [6, 6.07) is 0. The highest BCUT2D eigenvalue weighted by Gasteiger charge is 2.47. The van der Waals surface area contributed by atoms with E-state index in [1.807, 2.05) is 6.92 Å². The zero-order chi connectivity index (χ0) is 11.2. The highest BCUT2D eigenvalue weighted by Crippen LogP contribution is 2.51. The van der Waals surface area contributed by atoms with Crippen LogP contribution in [0.2, 0.25) is 0 Å². The molecule has 1 aromatic rings. The van der Waals surface area contributed by atoms with Gasteiger partial charge in [-0.1, -0.05) is 0 Å². The molecule has 1 fully saturated rings. The van der Waals surface area contributed by atoms with Gasteiger partial charge in [0, 0.05) is 18.5 Å². The maximum atomic E-state index is 10.8. The predicted molar refractivity (Wildman–Crippen MR) is 53.0 cm³/mol. The van der Waals surface area contributed by atoms with Crippen molar-refractivity contribution >= 4 is 5.97 Å². The molecule has 0 radical (unpaired) electrons. The summed E-state index contributed by atoms with van der Waals surface area (Å²) in [4.78, 5) is 10.8. The van der Waals surface area contributed by atoms with E-state index in [0.717, 1.165) is 11.3 Å². The van der Waals surface area contributed by atoms with Gasteiger partial charge in [-0.05, 0) is 13.3 Å². The Labute approximate surface area is 87.7 Å². The lowest BCUT2D eigenvalue weighted by Crippen LogP contribution is -2.01. The third kappa shape index (κ3) is 1.48. The van der Waals surface area contributed by atoms with Crippen LogP contribution in [0, 0.1) is 12.8 Å². The van der Waals surface area contributed by atoms with E-state index in [-0.39, 0.29) is 11.8 Å². The predicted octanol–water partition coefficient (Wildman–Crippen LogP) is 0.925. The fourth-order valence-electron chi connectivity index (χ4n) is 2.11. The van der Waals surface area contributed by atoms with Crippen LogP contribution in [-0.2, 0) is 11.8 Å². The van der Waals surface area contributed by atoms with Crippen molar-refractivity contribution in [1.29, 1.82) is 0 Å². The highest BCUT2D eigenvalue weighted by atomic mass is 16.5. The molecule has 1 aromatic heterocycles. The number of nitrogens with zero attached hydrogens (tertiary/aromatic N) is 2. The van der Waals surface area contributed by atoms with Crippen LogP contribution in [-0.4, -0.2) is 28.0 Å². The van der Waals surface area contributed by atoms with Gasteiger partial charge in [0.2, 0.25) is 5.88 Å². The Bertz CT molecular complexity index is 411. The monoisotopic (exact) mass is 210 g/mol. The Morgan fingerprint density at radius 2 is 2.33 bits per heavy atom. The third-order valence-electron chi connectivity index (χ3n) is 2.89. The lowest BCUT2D eigenvalue weighted by Gasteiger charge is -2.03. The van der Waals surface area contributed by atoms with Gasteiger partial charge in [0.1, 0.15) is 0 Å². The van der Waals surface area contributed by atoms with Gasteiger partial charge in [0.05, 0.1) is 18.7 Å². The number of hydrogen-bond donors (Lipinski definition) is 1. The van der Waals surface area contributed by atoms with Crippen LogP contribution in [0.5, 0.6) is 5.88 Å². The molecule has 2 atom stereocenters. The number of ether oxygens (including phenoxy) is 1. The quantitative estimate of drug-likeness (QED) is 0.805. The van der Waals surface area contributed by atoms with E-state index in [0.29, 0.717) is 12.3 Å². The average Bonchev–Trinajstić information content (AvgIpc) is 2.87. The number of aryl methyl sites for hydroxylation is 2. The van der Waals surface area contributed by atoms with Gasteiger partial charge in [-0.3, -0.25) is 4.79 Å². The minimum absolute atomic E-state index is 0.0751. The Kier molecular flexibility index (Phi) is 2.17. The molecule has 1 aliphatic rings. The van der Waals surface area contributed by atoms with Crippen molar-refractivity contribution in [3.05, 3.63) is 11.3 Å². The van der Waals surface area contributed by atoms with Crippen LogP contribution in [0.15, 0.2) is 0 Å². The van der Waals surface area contributed by atoms with E-state index in [2.05, 4.69) is 5.10 Å². The van der Waals surface area contributed by atoms with E-state index in [1.165, 1.54) is 0 Å². The Morgan fingerprint density at radius 3 is 2.80 bits per heavy atom. The second kappa shape index (κ2) is 3.25. The molecule has 1 N–H and O–H groups in total. The van der Waals surface area contributed by atoms with Crippen molar-refractivity contribution in [2.24, 2.45) is 13.0 Å². The minimum Gasteiger partial charge on any atom is -0.481 e. The van der Waals surface area contributed by atoms with E-state index in [1.54, 1.807) is 18.8 Å². The smallest absolute Gasteiger partial charge is 0.307 e. The van der Waals surface area contributed by atoms with E-state index >= 15 is 0 Å². The molecule has 1 aliphatic carbocycles. The largest absolute Gasteiger partial charge is 0.481 e. The van der Waals surface area contributed by atoms with Gasteiger partial charge in [0.25, 0.3) is 0 Å². The SMILES string of the molecule is COc1c([C@@H]2C[C@H]2C(=O)O)c(C)nn1C. The van der Waals surface area contributed by atoms with Crippen molar-refractivity contribution in [3.63, 3.8) is 0 Å². The van der Waals surface area contributed by atoms with Crippen molar-refractivity contribution in [2.75, 3.05) is 7.11 Å². The van der Waals surface area contributed by atoms with Crippen molar-refractivity contribution in [3.8, 4) is 5.88 Å². The molecular formula is C10H14N2O3. The number of carbonyl (C=O) groups is 1. The van der Waals surface area contributed by atoms with Gasteiger partial charge in [-0.25, -0.2) is 4.68 Å². The molecule has 0 unspecified atom stereocenters. The summed E-state index contributed by atoms with van der Waals surface area (Å²) in [6.07, 6.45) is 0.693. The van der Waals surface area contributed by atoms with Crippen LogP contribution in [0.3, 0.4) is 0 Å². The summed E-state index contributed by atoms with van der Waals surface area (Å²) < 4.78 is 6.89. The molecule has 0 aromatic carbocycles. The third-order valence-corrected chi connectivity index (χ3v) is 2.89. The number of rotatable bonds is 3. The molecule has 1 heterocycles. The van der Waals surface area contributed by atoms with Crippen molar-refractivity contribution in [1.82, 2.24) is 9.78 Å². The van der Waals surface area contributed by atoms with Crippen molar-refractivity contribution in [2.45, 2.75) is 19.3 Å². The second-order valence-corrected chi connectivity index (χ2v) is 3.92. The van der Waals surface area contributed by atoms with Crippen LogP contribution in [0.1, 0.15) is 23.6 Å². The summed E-state index contributed by atoms with van der Waals surface area (Å²) in [5, 5.41) is 13.1. The number of aromatic nitrogens is 2. The zero-order valence-corrected chi connectivity index (χ0v) is 9.02. The molecule has 82 valence electrons. The van der Waals surface area contributed by atoms with Crippen LogP contribution in [0.4, 0.5) is 0 Å². The maximum Gasteiger partial charge on any atom is 0.307 e. The van der Waals surface area contributed by atoms with Gasteiger partial charge in [-0.2, -0.15) is 5.10 Å². The first-order chi connectivity index (χ1) is 7.06. The topological polar surface area (TPSA) is 64.3 Å². The van der Waals surface area contributed by atoms with Crippen LogP contribution >= 0.6 is 0 Å². The summed E-state index contributed by atoms with van der Waals surface area (Å²) >= 11 is 0. The normalized spacial score (nSPS) is 23.9. The lowest BCUT2D eigenvalue weighted by molar-refractivity contribution is -0.138. The number of carboxylic acid groups (broad SMARTS) is 1. The number of hydrogen-bond acceptors (Lipinski definition) is 3. The van der Waals surface area contributed by atoms with Crippen LogP contribution in [0.25, 0.3) is 0 Å². The Hall–Kier alpha value is -1.52. The molecule has 0 bridgehead atoms. The summed E-state index contributed by atoms with van der Waals surface area (Å²) in [5.41, 5.74) is 1.82. The van der Waals surface area contributed by atoms with E-state index in [4.69, 9.17) is 9.84 Å². The molecular weight excluding hydrogens is 196 g/mol. The minimum atomic E-state index is -0.731. The fraction of sp³-hybridized carbons (Fsp3) is 0.600. The molecule has 0 saturated heterocycles. The molecule has 0 amide bonds. The first-order valence-corrected chi connectivity index (χ1v) is 4.86. The van der Waals surface area contributed by atoms with Gasteiger partial charge < -0.3 is 9.84 Å². The highest BCUT2D eigenvalue weighted by molar-refractivity contribution is 5.75. The van der Waals surface area contributed by atoms with E-state index < -0.39 is 5.97 Å². The maximum absolute atomic E-state index is 10.8. The molecule has 0 aliphatic heterocycles.